The molecule has 112 valence electrons. The Morgan fingerprint density at radius 1 is 0.632 bits per heavy atom. The first-order chi connectivity index (χ1) is 8.20. The van der Waals surface area contributed by atoms with Gasteiger partial charge in [-0.25, -0.2) is 0 Å². The second kappa shape index (κ2) is 3.47. The molecule has 0 bridgehead atoms. The number of halogens is 10. The second-order valence-corrected chi connectivity index (χ2v) is 4.41. The van der Waals surface area contributed by atoms with Gasteiger partial charge in [0.2, 0.25) is 0 Å². The van der Waals surface area contributed by atoms with Gasteiger partial charge in [0.25, 0.3) is 0 Å². The number of ether oxygens (including phenoxy) is 1. The third kappa shape index (κ3) is 1.96. The van der Waals surface area contributed by atoms with Crippen molar-refractivity contribution in [3.05, 3.63) is 0 Å². The molecular formula is C8H4F10O. The lowest BCUT2D eigenvalue weighted by Crippen LogP contribution is -2.63. The fourth-order valence-corrected chi connectivity index (χ4v) is 2.72. The molecule has 1 saturated carbocycles. The van der Waals surface area contributed by atoms with E-state index in [-0.39, 0.29) is 0 Å². The van der Waals surface area contributed by atoms with Crippen molar-refractivity contribution in [3.63, 3.8) is 0 Å². The van der Waals surface area contributed by atoms with E-state index in [2.05, 4.69) is 4.74 Å². The van der Waals surface area contributed by atoms with Crippen molar-refractivity contribution < 1.29 is 48.6 Å². The van der Waals surface area contributed by atoms with E-state index in [1.165, 1.54) is 0 Å². The molecule has 0 amide bonds. The topological polar surface area (TPSA) is 9.23 Å². The highest BCUT2D eigenvalue weighted by atomic mass is 19.4. The van der Waals surface area contributed by atoms with Crippen LogP contribution < -0.4 is 0 Å². The minimum Gasteiger partial charge on any atom is -0.255 e. The molecule has 4 atom stereocenters. The average Bonchev–Trinajstić information content (AvgIpc) is 2.01. The largest absolute Gasteiger partial charge is 0.393 e. The van der Waals surface area contributed by atoms with Gasteiger partial charge in [-0.2, -0.15) is 43.9 Å². The third-order valence-corrected chi connectivity index (χ3v) is 3.35. The molecule has 0 radical (unpaired) electrons. The summed E-state index contributed by atoms with van der Waals surface area (Å²) in [6, 6.07) is 0. The Kier molecular flexibility index (Phi) is 2.68. The molecule has 1 heterocycles. The number of hydrogen-bond donors (Lipinski definition) is 0. The first kappa shape index (κ1) is 14.7. The van der Waals surface area contributed by atoms with Crippen LogP contribution in [0.4, 0.5) is 43.9 Å². The summed E-state index contributed by atoms with van der Waals surface area (Å²) < 4.78 is 129. The predicted molar refractivity (Wildman–Crippen MR) is 37.0 cm³/mol. The van der Waals surface area contributed by atoms with Crippen molar-refractivity contribution in [1.29, 1.82) is 0 Å². The van der Waals surface area contributed by atoms with E-state index in [0.717, 1.165) is 0 Å². The zero-order valence-corrected chi connectivity index (χ0v) is 8.50. The average molecular weight is 306 g/mol. The molecule has 0 N–H and O–H groups in total. The normalized spacial score (nSPS) is 40.7. The molecule has 1 saturated heterocycles. The van der Waals surface area contributed by atoms with Crippen LogP contribution in [0.2, 0.25) is 0 Å². The molecule has 0 aromatic rings. The van der Waals surface area contributed by atoms with Gasteiger partial charge >= 0.3 is 24.6 Å². The number of alkyl halides is 10. The smallest absolute Gasteiger partial charge is 0.255 e. The van der Waals surface area contributed by atoms with Crippen molar-refractivity contribution in [2.75, 3.05) is 0 Å². The van der Waals surface area contributed by atoms with Gasteiger partial charge in [0, 0.05) is 0 Å². The molecule has 11 heteroatoms. The Morgan fingerprint density at radius 2 is 0.895 bits per heavy atom. The van der Waals surface area contributed by atoms with Crippen LogP contribution in [0.1, 0.15) is 0 Å². The van der Waals surface area contributed by atoms with E-state index in [4.69, 9.17) is 0 Å². The van der Waals surface area contributed by atoms with Gasteiger partial charge in [0.05, 0.1) is 23.7 Å². The summed E-state index contributed by atoms with van der Waals surface area (Å²) in [7, 11) is 0. The van der Waals surface area contributed by atoms with Crippen molar-refractivity contribution in [2.45, 2.75) is 24.6 Å². The maximum absolute atomic E-state index is 12.9. The van der Waals surface area contributed by atoms with Crippen LogP contribution >= 0.6 is 0 Å². The van der Waals surface area contributed by atoms with E-state index in [1.807, 2.05) is 0 Å². The Morgan fingerprint density at radius 3 is 1.11 bits per heavy atom. The summed E-state index contributed by atoms with van der Waals surface area (Å²) in [6.45, 7) is 0. The lowest BCUT2D eigenvalue weighted by molar-refractivity contribution is -0.355. The van der Waals surface area contributed by atoms with E-state index in [9.17, 15) is 43.9 Å². The Balaban J connectivity index is 2.46. The molecule has 0 aromatic heterocycles. The van der Waals surface area contributed by atoms with Crippen molar-refractivity contribution in [1.82, 2.24) is 0 Å². The van der Waals surface area contributed by atoms with Crippen LogP contribution in [-0.4, -0.2) is 24.6 Å². The summed E-state index contributed by atoms with van der Waals surface area (Å²) in [4.78, 5) is 0. The lowest BCUT2D eigenvalue weighted by atomic mass is 9.56. The summed E-state index contributed by atoms with van der Waals surface area (Å²) >= 11 is 0. The van der Waals surface area contributed by atoms with Crippen LogP contribution in [0.5, 0.6) is 0 Å². The van der Waals surface area contributed by atoms with Crippen molar-refractivity contribution >= 4 is 0 Å². The van der Waals surface area contributed by atoms with Crippen LogP contribution in [-0.2, 0) is 4.74 Å². The summed E-state index contributed by atoms with van der Waals surface area (Å²) in [5.41, 5.74) is 0. The standard InChI is InChI=1S/C8H4F10O/c9-5(10,11)1-2(6(12,13)14)4-3(1)7(15,16)19-8(4,17)18/h1-4H/t1-,2+,3+,4-. The van der Waals surface area contributed by atoms with Crippen molar-refractivity contribution in [2.24, 2.45) is 23.7 Å². The molecule has 0 spiro atoms. The van der Waals surface area contributed by atoms with Crippen LogP contribution in [0.3, 0.4) is 0 Å². The number of rotatable bonds is 0. The van der Waals surface area contributed by atoms with Gasteiger partial charge in [0.1, 0.15) is 0 Å². The highest BCUT2D eigenvalue weighted by Crippen LogP contribution is 2.71. The second-order valence-electron chi connectivity index (χ2n) is 4.41. The molecule has 1 aliphatic carbocycles. The number of fused-ring (bicyclic) bond motifs is 1. The first-order valence-electron chi connectivity index (χ1n) is 4.79. The predicted octanol–water partition coefficient (Wildman–Crippen LogP) is 3.81. The summed E-state index contributed by atoms with van der Waals surface area (Å²) in [5.74, 6) is -13.6. The molecule has 2 aliphatic rings. The third-order valence-electron chi connectivity index (χ3n) is 3.35. The maximum atomic E-state index is 12.9. The van der Waals surface area contributed by atoms with E-state index < -0.39 is 48.2 Å². The van der Waals surface area contributed by atoms with Gasteiger partial charge in [-0.15, -0.1) is 0 Å². The Hall–Kier alpha value is -0.740. The monoisotopic (exact) mass is 306 g/mol. The van der Waals surface area contributed by atoms with Crippen LogP contribution in [0.15, 0.2) is 0 Å². The van der Waals surface area contributed by atoms with Gasteiger partial charge < -0.3 is 0 Å². The van der Waals surface area contributed by atoms with Gasteiger partial charge in [0.15, 0.2) is 0 Å². The number of hydrogen-bond acceptors (Lipinski definition) is 1. The molecule has 19 heavy (non-hydrogen) atoms. The molecular weight excluding hydrogens is 302 g/mol. The van der Waals surface area contributed by atoms with E-state index in [1.54, 1.807) is 0 Å². The highest BCUT2D eigenvalue weighted by molar-refractivity contribution is 5.11. The fourth-order valence-electron chi connectivity index (χ4n) is 2.72. The molecule has 2 fully saturated rings. The Labute approximate surface area is 98.1 Å². The molecule has 0 aromatic carbocycles. The fraction of sp³-hybridized carbons (Fsp3) is 1.00. The van der Waals surface area contributed by atoms with E-state index >= 15 is 0 Å². The zero-order valence-electron chi connectivity index (χ0n) is 8.50. The lowest BCUT2D eigenvalue weighted by Gasteiger charge is -2.49. The van der Waals surface area contributed by atoms with E-state index in [0.29, 0.717) is 0 Å². The molecule has 1 nitrogen and oxygen atoms in total. The summed E-state index contributed by atoms with van der Waals surface area (Å²) in [5, 5.41) is 0. The van der Waals surface area contributed by atoms with Crippen LogP contribution in [0.25, 0.3) is 0 Å². The summed E-state index contributed by atoms with van der Waals surface area (Å²) in [6.07, 6.45) is -21.2. The minimum atomic E-state index is -5.67. The molecule has 0 unspecified atom stereocenters. The Bertz CT molecular complexity index is 346. The van der Waals surface area contributed by atoms with Crippen molar-refractivity contribution in [3.8, 4) is 0 Å². The molecule has 2 rings (SSSR count). The van der Waals surface area contributed by atoms with Gasteiger partial charge in [-0.3, -0.25) is 4.74 Å². The molecule has 1 aliphatic heterocycles. The maximum Gasteiger partial charge on any atom is 0.393 e. The quantitative estimate of drug-likeness (QED) is 0.619. The highest BCUT2D eigenvalue weighted by Gasteiger charge is 2.86. The SMILES string of the molecule is FC(F)(F)[C@@H]1[C@H](C(F)(F)F)[C@@H]2[C@H]1C(F)(F)OC2(F)F. The van der Waals surface area contributed by atoms with Gasteiger partial charge in [-0.05, 0) is 0 Å². The zero-order chi connectivity index (χ0) is 15.0. The van der Waals surface area contributed by atoms with Gasteiger partial charge in [-0.1, -0.05) is 0 Å². The minimum absolute atomic E-state index is 2.81. The first-order valence-corrected chi connectivity index (χ1v) is 4.79. The van der Waals surface area contributed by atoms with Crippen LogP contribution in [0, 0.1) is 23.7 Å².